The molecule has 0 spiro atoms. The molecule has 0 aliphatic carbocycles. The largest absolute Gasteiger partial charge is 0.480 e. The van der Waals surface area contributed by atoms with Gasteiger partial charge in [-0.2, -0.15) is 0 Å². The highest BCUT2D eigenvalue weighted by molar-refractivity contribution is 8.00. The van der Waals surface area contributed by atoms with Crippen LogP contribution in [0.4, 0.5) is 0 Å². The van der Waals surface area contributed by atoms with E-state index in [0.29, 0.717) is 0 Å². The second kappa shape index (κ2) is 6.96. The zero-order valence-electron chi connectivity index (χ0n) is 11.1. The van der Waals surface area contributed by atoms with Crippen molar-refractivity contribution < 1.29 is 19.8 Å². The van der Waals surface area contributed by atoms with Crippen LogP contribution >= 0.6 is 11.8 Å². The van der Waals surface area contributed by atoms with Crippen molar-refractivity contribution in [2.24, 2.45) is 11.7 Å². The van der Waals surface area contributed by atoms with E-state index >= 15 is 0 Å². The summed E-state index contributed by atoms with van der Waals surface area (Å²) in [7, 11) is 0. The molecular formula is C11H22N2O4S. The van der Waals surface area contributed by atoms with Crippen LogP contribution < -0.4 is 11.1 Å². The molecule has 0 bridgehead atoms. The summed E-state index contributed by atoms with van der Waals surface area (Å²) in [5.74, 6) is -0.924. The number of nitrogens with one attached hydrogen (secondary N) is 1. The summed E-state index contributed by atoms with van der Waals surface area (Å²) in [4.78, 5) is 20.6. The Labute approximate surface area is 111 Å². The third kappa shape index (κ3) is 5.24. The number of carboxylic acids is 2. The van der Waals surface area contributed by atoms with Crippen molar-refractivity contribution in [1.29, 1.82) is 0 Å². The van der Waals surface area contributed by atoms with Gasteiger partial charge in [0.2, 0.25) is 0 Å². The number of hydrogen-bond donors (Lipinski definition) is 4. The maximum Gasteiger partial charge on any atom is 0.322 e. The maximum atomic E-state index is 10.5. The molecule has 2 atom stereocenters. The molecule has 0 aromatic carbocycles. The Hall–Kier alpha value is -0.790. The van der Waals surface area contributed by atoms with Crippen molar-refractivity contribution in [2.45, 2.75) is 44.5 Å². The summed E-state index contributed by atoms with van der Waals surface area (Å²) in [6, 6.07) is -1.10. The van der Waals surface area contributed by atoms with E-state index in [4.69, 9.17) is 15.9 Å². The normalized spacial score (nSPS) is 23.1. The van der Waals surface area contributed by atoms with Crippen molar-refractivity contribution >= 4 is 23.7 Å². The van der Waals surface area contributed by atoms with E-state index in [0.717, 1.165) is 5.88 Å². The molecule has 106 valence electrons. The molecule has 1 unspecified atom stereocenters. The predicted molar refractivity (Wildman–Crippen MR) is 71.5 cm³/mol. The fourth-order valence-corrected chi connectivity index (χ4v) is 2.28. The monoisotopic (exact) mass is 278 g/mol. The lowest BCUT2D eigenvalue weighted by molar-refractivity contribution is -0.140. The van der Waals surface area contributed by atoms with Gasteiger partial charge in [-0.3, -0.25) is 14.9 Å². The number of rotatable bonds is 3. The summed E-state index contributed by atoms with van der Waals surface area (Å²) in [5.41, 5.74) is 5.16. The van der Waals surface area contributed by atoms with Crippen molar-refractivity contribution in [3.8, 4) is 0 Å². The molecule has 0 aromatic heterocycles. The van der Waals surface area contributed by atoms with Crippen LogP contribution in [0.25, 0.3) is 0 Å². The number of carbonyl (C=O) groups is 2. The number of carboxylic acid groups (broad SMARTS) is 2. The Kier molecular flexibility index (Phi) is 6.66. The Balaban J connectivity index is 0.000000331. The minimum Gasteiger partial charge on any atom is -0.480 e. The maximum absolute atomic E-state index is 10.5. The van der Waals surface area contributed by atoms with Crippen LogP contribution in [0.5, 0.6) is 0 Å². The predicted octanol–water partition coefficient (Wildman–Crippen LogP) is 0.566. The zero-order valence-corrected chi connectivity index (χ0v) is 12.0. The van der Waals surface area contributed by atoms with Gasteiger partial charge >= 0.3 is 11.9 Å². The number of thioether (sulfide) groups is 1. The van der Waals surface area contributed by atoms with Gasteiger partial charge in [0.25, 0.3) is 0 Å². The number of hydrogen-bond acceptors (Lipinski definition) is 5. The van der Waals surface area contributed by atoms with E-state index < -0.39 is 24.0 Å². The first-order valence-electron chi connectivity index (χ1n) is 5.68. The van der Waals surface area contributed by atoms with E-state index in [1.807, 2.05) is 13.8 Å². The first kappa shape index (κ1) is 17.2. The van der Waals surface area contributed by atoms with Crippen molar-refractivity contribution in [1.82, 2.24) is 5.32 Å². The quantitative estimate of drug-likeness (QED) is 0.597. The topological polar surface area (TPSA) is 113 Å². The van der Waals surface area contributed by atoms with Crippen molar-refractivity contribution in [3.05, 3.63) is 0 Å². The lowest BCUT2D eigenvalue weighted by Crippen LogP contribution is -2.43. The van der Waals surface area contributed by atoms with E-state index in [9.17, 15) is 9.59 Å². The minimum atomic E-state index is -0.931. The number of nitrogens with two attached hydrogens (primary N) is 1. The van der Waals surface area contributed by atoms with Gasteiger partial charge in [-0.25, -0.2) is 0 Å². The van der Waals surface area contributed by atoms with Crippen LogP contribution in [0.2, 0.25) is 0 Å². The Morgan fingerprint density at radius 3 is 2.00 bits per heavy atom. The molecule has 1 aliphatic heterocycles. The second-order valence-electron chi connectivity index (χ2n) is 4.98. The molecule has 5 N–H and O–H groups in total. The third-order valence-corrected chi connectivity index (χ3v) is 3.97. The molecular weight excluding hydrogens is 256 g/mol. The lowest BCUT2D eigenvalue weighted by atomic mass is 10.0. The molecule has 18 heavy (non-hydrogen) atoms. The molecule has 1 heterocycles. The molecule has 0 aromatic rings. The average molecular weight is 278 g/mol. The summed E-state index contributed by atoms with van der Waals surface area (Å²) >= 11 is 1.64. The standard InChI is InChI=1S/C6H11NO2S.C5H11NO2/c1-6(2)4(5(8)9)7-3-10-6;1-3(2)4(6)5(7)8/h4,7H,3H2,1-2H3,(H,8,9);3-4H,6H2,1-2H3,(H,7,8)/t;4-/m.0/s1. The van der Waals surface area contributed by atoms with Crippen LogP contribution in [-0.4, -0.2) is 44.9 Å². The van der Waals surface area contributed by atoms with Crippen LogP contribution in [0.15, 0.2) is 0 Å². The van der Waals surface area contributed by atoms with Crippen molar-refractivity contribution in [3.63, 3.8) is 0 Å². The first-order chi connectivity index (χ1) is 8.09. The molecule has 1 fully saturated rings. The summed E-state index contributed by atoms with van der Waals surface area (Å²) < 4.78 is -0.161. The fraction of sp³-hybridized carbons (Fsp3) is 0.818. The van der Waals surface area contributed by atoms with Crippen LogP contribution in [0.1, 0.15) is 27.7 Å². The van der Waals surface area contributed by atoms with E-state index in [2.05, 4.69) is 5.32 Å². The Morgan fingerprint density at radius 2 is 1.89 bits per heavy atom. The van der Waals surface area contributed by atoms with Gasteiger partial charge in [0.15, 0.2) is 0 Å². The van der Waals surface area contributed by atoms with Crippen molar-refractivity contribution in [2.75, 3.05) is 5.88 Å². The summed E-state index contributed by atoms with van der Waals surface area (Å²) in [6.07, 6.45) is 0. The molecule has 0 saturated carbocycles. The second-order valence-corrected chi connectivity index (χ2v) is 6.61. The molecule has 0 radical (unpaired) electrons. The molecule has 6 nitrogen and oxygen atoms in total. The van der Waals surface area contributed by atoms with Gasteiger partial charge in [0, 0.05) is 10.6 Å². The molecule has 7 heteroatoms. The highest BCUT2D eigenvalue weighted by Crippen LogP contribution is 2.32. The minimum absolute atomic E-state index is 0.0208. The molecule has 1 rings (SSSR count). The van der Waals surface area contributed by atoms with E-state index in [1.165, 1.54) is 0 Å². The van der Waals surface area contributed by atoms with Crippen LogP contribution in [-0.2, 0) is 9.59 Å². The highest BCUT2D eigenvalue weighted by atomic mass is 32.2. The number of aliphatic carboxylic acids is 2. The van der Waals surface area contributed by atoms with Gasteiger partial charge in [-0.05, 0) is 19.8 Å². The Morgan fingerprint density at radius 1 is 1.39 bits per heavy atom. The average Bonchev–Trinajstić information content (AvgIpc) is 2.57. The zero-order chi connectivity index (χ0) is 14.5. The van der Waals surface area contributed by atoms with Gasteiger partial charge in [-0.1, -0.05) is 13.8 Å². The SMILES string of the molecule is CC(C)[C@H](N)C(=O)O.CC1(C)SCNC1C(=O)O. The highest BCUT2D eigenvalue weighted by Gasteiger charge is 2.39. The van der Waals surface area contributed by atoms with Gasteiger partial charge < -0.3 is 15.9 Å². The van der Waals surface area contributed by atoms with Gasteiger partial charge in [-0.15, -0.1) is 11.8 Å². The smallest absolute Gasteiger partial charge is 0.322 e. The van der Waals surface area contributed by atoms with Crippen LogP contribution in [0, 0.1) is 5.92 Å². The molecule has 0 amide bonds. The van der Waals surface area contributed by atoms with E-state index in [-0.39, 0.29) is 10.7 Å². The summed E-state index contributed by atoms with van der Waals surface area (Å²) in [6.45, 7) is 7.44. The third-order valence-electron chi connectivity index (χ3n) is 2.68. The summed E-state index contributed by atoms with van der Waals surface area (Å²) in [5, 5.41) is 19.8. The lowest BCUT2D eigenvalue weighted by Gasteiger charge is -2.20. The Bertz CT molecular complexity index is 307. The van der Waals surface area contributed by atoms with Gasteiger partial charge in [0.05, 0.1) is 0 Å². The molecule has 1 saturated heterocycles. The van der Waals surface area contributed by atoms with Gasteiger partial charge in [0.1, 0.15) is 12.1 Å². The van der Waals surface area contributed by atoms with Crippen LogP contribution in [0.3, 0.4) is 0 Å². The van der Waals surface area contributed by atoms with E-state index in [1.54, 1.807) is 25.6 Å². The molecule has 1 aliphatic rings. The first-order valence-corrected chi connectivity index (χ1v) is 6.66. The fourth-order valence-electron chi connectivity index (χ4n) is 1.31.